The lowest BCUT2D eigenvalue weighted by atomic mass is 10.2. The van der Waals surface area contributed by atoms with Crippen LogP contribution in [0.15, 0.2) is 46.3 Å². The summed E-state index contributed by atoms with van der Waals surface area (Å²) in [6, 6.07) is 11.6. The van der Waals surface area contributed by atoms with Crippen LogP contribution in [0.3, 0.4) is 0 Å². The number of nitrogens with zero attached hydrogens (tertiary/aromatic N) is 4. The highest BCUT2D eigenvalue weighted by atomic mass is 35.5. The van der Waals surface area contributed by atoms with Crippen LogP contribution in [-0.2, 0) is 18.8 Å². The van der Waals surface area contributed by atoms with Crippen LogP contribution in [0.4, 0.5) is 0 Å². The number of hydrogen-bond donors (Lipinski definition) is 2. The number of nitrogens with two attached hydrogens (primary N) is 1. The molecule has 0 spiro atoms. The summed E-state index contributed by atoms with van der Waals surface area (Å²) in [4.78, 5) is 18.5. The van der Waals surface area contributed by atoms with Gasteiger partial charge in [0.2, 0.25) is 0 Å². The summed E-state index contributed by atoms with van der Waals surface area (Å²) in [6.07, 6.45) is 0. The predicted molar refractivity (Wildman–Crippen MR) is 107 cm³/mol. The second-order valence-corrected chi connectivity index (χ2v) is 6.23. The number of H-pyrrole nitrogens is 1. The first-order chi connectivity index (χ1) is 11.7. The van der Waals surface area contributed by atoms with Gasteiger partial charge in [-0.1, -0.05) is 42.1 Å². The lowest BCUT2D eigenvalue weighted by Gasteiger charge is -2.09. The Labute approximate surface area is 167 Å². The molecule has 10 heteroatoms. The van der Waals surface area contributed by atoms with Crippen molar-refractivity contribution in [3.05, 3.63) is 69.7 Å². The molecule has 0 atom stereocenters. The number of aromatic amines is 1. The maximum Gasteiger partial charge on any atom is 0.251 e. The summed E-state index contributed by atoms with van der Waals surface area (Å²) < 4.78 is 2.00. The van der Waals surface area contributed by atoms with Gasteiger partial charge in [0, 0.05) is 11.8 Å². The van der Waals surface area contributed by atoms with Crippen molar-refractivity contribution < 1.29 is 0 Å². The molecule has 0 aliphatic carbocycles. The minimum absolute atomic E-state index is 0. The van der Waals surface area contributed by atoms with Crippen LogP contribution in [0, 0.1) is 6.92 Å². The van der Waals surface area contributed by atoms with Gasteiger partial charge in [-0.15, -0.1) is 35.0 Å². The number of aromatic nitrogens is 5. The van der Waals surface area contributed by atoms with Crippen molar-refractivity contribution in [2.75, 3.05) is 0 Å². The predicted octanol–water partition coefficient (Wildman–Crippen LogP) is 2.31. The molecule has 1 aromatic carbocycles. The van der Waals surface area contributed by atoms with Crippen molar-refractivity contribution in [3.63, 3.8) is 0 Å². The Hall–Kier alpha value is -1.87. The fraction of sp³-hybridized carbons (Fsp3) is 0.250. The average molecular weight is 415 g/mol. The van der Waals surface area contributed by atoms with Gasteiger partial charge in [0.05, 0.1) is 18.8 Å². The standard InChI is InChI=1S/C16H18N6OS.2ClH/c1-11-18-13(7-15(23)19-11)10-24-16-21-20-14(8-17)22(16)9-12-5-3-2-4-6-12;;/h2-7H,8-10,17H2,1H3,(H,18,19,23);2*1H. The van der Waals surface area contributed by atoms with Crippen LogP contribution < -0.4 is 11.3 Å². The van der Waals surface area contributed by atoms with E-state index < -0.39 is 0 Å². The lowest BCUT2D eigenvalue weighted by Crippen LogP contribution is -2.11. The third-order valence-corrected chi connectivity index (χ3v) is 4.42. The number of benzene rings is 1. The van der Waals surface area contributed by atoms with E-state index in [4.69, 9.17) is 5.73 Å². The van der Waals surface area contributed by atoms with Crippen molar-refractivity contribution in [1.82, 2.24) is 24.7 Å². The summed E-state index contributed by atoms with van der Waals surface area (Å²) >= 11 is 1.49. The molecule has 0 amide bonds. The molecule has 3 rings (SSSR count). The first-order valence-corrected chi connectivity index (χ1v) is 8.50. The van der Waals surface area contributed by atoms with Crippen molar-refractivity contribution in [2.24, 2.45) is 5.73 Å². The third-order valence-electron chi connectivity index (χ3n) is 3.42. The fourth-order valence-corrected chi connectivity index (χ4v) is 3.20. The minimum Gasteiger partial charge on any atom is -0.324 e. The maximum atomic E-state index is 11.5. The Morgan fingerprint density at radius 3 is 2.58 bits per heavy atom. The smallest absolute Gasteiger partial charge is 0.251 e. The van der Waals surface area contributed by atoms with Gasteiger partial charge in [0.15, 0.2) is 5.16 Å². The van der Waals surface area contributed by atoms with E-state index in [0.29, 0.717) is 30.4 Å². The largest absolute Gasteiger partial charge is 0.324 e. The molecule has 3 N–H and O–H groups in total. The molecular formula is C16H20Cl2N6OS. The number of thioether (sulfide) groups is 1. The zero-order valence-corrected chi connectivity index (χ0v) is 16.5. The van der Waals surface area contributed by atoms with Crippen molar-refractivity contribution in [3.8, 4) is 0 Å². The first-order valence-electron chi connectivity index (χ1n) is 7.51. The van der Waals surface area contributed by atoms with Crippen molar-refractivity contribution in [1.29, 1.82) is 0 Å². The lowest BCUT2D eigenvalue weighted by molar-refractivity contribution is 0.666. The van der Waals surface area contributed by atoms with Crippen LogP contribution in [0.5, 0.6) is 0 Å². The molecule has 26 heavy (non-hydrogen) atoms. The molecule has 0 saturated heterocycles. The van der Waals surface area contributed by atoms with Gasteiger partial charge in [0.1, 0.15) is 11.6 Å². The van der Waals surface area contributed by atoms with Crippen molar-refractivity contribution in [2.45, 2.75) is 30.9 Å². The van der Waals surface area contributed by atoms with E-state index >= 15 is 0 Å². The Balaban J connectivity index is 0.00000169. The van der Waals surface area contributed by atoms with Crippen LogP contribution in [0.2, 0.25) is 0 Å². The molecule has 0 saturated carbocycles. The molecule has 0 fully saturated rings. The van der Waals surface area contributed by atoms with Crippen LogP contribution in [0.1, 0.15) is 22.9 Å². The van der Waals surface area contributed by atoms with Gasteiger partial charge in [-0.25, -0.2) is 4.98 Å². The van der Waals surface area contributed by atoms with E-state index in [1.54, 1.807) is 6.92 Å². The molecule has 0 radical (unpaired) electrons. The van der Waals surface area contributed by atoms with Gasteiger partial charge >= 0.3 is 0 Å². The van der Waals surface area contributed by atoms with E-state index in [1.165, 1.54) is 17.8 Å². The molecule has 3 aromatic rings. The molecule has 0 unspecified atom stereocenters. The van der Waals surface area contributed by atoms with E-state index in [9.17, 15) is 4.79 Å². The second kappa shape index (κ2) is 10.3. The molecule has 140 valence electrons. The molecule has 2 aromatic heterocycles. The fourth-order valence-electron chi connectivity index (χ4n) is 2.36. The second-order valence-electron chi connectivity index (χ2n) is 5.29. The van der Waals surface area contributed by atoms with Crippen LogP contribution in [-0.4, -0.2) is 24.7 Å². The third kappa shape index (κ3) is 5.57. The number of nitrogens with one attached hydrogen (secondary N) is 1. The van der Waals surface area contributed by atoms with Gasteiger partial charge in [-0.05, 0) is 12.5 Å². The normalized spacial score (nSPS) is 10.1. The highest BCUT2D eigenvalue weighted by Gasteiger charge is 2.12. The Kier molecular flexibility index (Phi) is 8.80. The highest BCUT2D eigenvalue weighted by Crippen LogP contribution is 2.21. The van der Waals surface area contributed by atoms with Gasteiger partial charge < -0.3 is 15.3 Å². The number of hydrogen-bond acceptors (Lipinski definition) is 6. The Morgan fingerprint density at radius 1 is 1.19 bits per heavy atom. The number of halogens is 2. The molecule has 0 bridgehead atoms. The summed E-state index contributed by atoms with van der Waals surface area (Å²) in [5.41, 5.74) is 7.49. The molecule has 0 aliphatic rings. The zero-order chi connectivity index (χ0) is 16.9. The first kappa shape index (κ1) is 22.2. The number of rotatable bonds is 6. The number of aryl methyl sites for hydroxylation is 1. The van der Waals surface area contributed by atoms with Crippen LogP contribution >= 0.6 is 36.6 Å². The summed E-state index contributed by atoms with van der Waals surface area (Å²) in [6.45, 7) is 2.74. The molecule has 0 aliphatic heterocycles. The van der Waals surface area contributed by atoms with Gasteiger partial charge in [-0.3, -0.25) is 4.79 Å². The Bertz CT molecular complexity index is 884. The minimum atomic E-state index is -0.147. The van der Waals surface area contributed by atoms with E-state index in [0.717, 1.165) is 16.5 Å². The topological polar surface area (TPSA) is 102 Å². The summed E-state index contributed by atoms with van der Waals surface area (Å²) in [5.74, 6) is 1.88. The maximum absolute atomic E-state index is 11.5. The van der Waals surface area contributed by atoms with E-state index in [2.05, 4.69) is 32.3 Å². The van der Waals surface area contributed by atoms with Gasteiger partial charge in [0.25, 0.3) is 5.56 Å². The van der Waals surface area contributed by atoms with E-state index in [1.807, 2.05) is 22.8 Å². The van der Waals surface area contributed by atoms with Crippen LogP contribution in [0.25, 0.3) is 0 Å². The molecule has 7 nitrogen and oxygen atoms in total. The molecule has 2 heterocycles. The summed E-state index contributed by atoms with van der Waals surface area (Å²) in [5, 5.41) is 9.15. The summed E-state index contributed by atoms with van der Waals surface area (Å²) in [7, 11) is 0. The van der Waals surface area contributed by atoms with E-state index in [-0.39, 0.29) is 30.4 Å². The monoisotopic (exact) mass is 414 g/mol. The molecular weight excluding hydrogens is 395 g/mol. The Morgan fingerprint density at radius 2 is 1.92 bits per heavy atom. The quantitative estimate of drug-likeness (QED) is 0.599. The van der Waals surface area contributed by atoms with Crippen molar-refractivity contribution >= 4 is 36.6 Å². The zero-order valence-electron chi connectivity index (χ0n) is 14.1. The van der Waals surface area contributed by atoms with Gasteiger partial charge in [-0.2, -0.15) is 0 Å². The highest BCUT2D eigenvalue weighted by molar-refractivity contribution is 7.98. The average Bonchev–Trinajstić information content (AvgIpc) is 2.95. The SMILES string of the molecule is Cc1nc(CSc2nnc(CN)n2Cc2ccccc2)cc(=O)[nH]1.Cl.Cl.